The predicted octanol–water partition coefficient (Wildman–Crippen LogP) is 4.21. The van der Waals surface area contributed by atoms with Crippen LogP contribution in [0.25, 0.3) is 0 Å². The van der Waals surface area contributed by atoms with Gasteiger partial charge >= 0.3 is 0 Å². The molecule has 4 heteroatoms. The summed E-state index contributed by atoms with van der Waals surface area (Å²) in [7, 11) is 0. The van der Waals surface area contributed by atoms with Gasteiger partial charge in [-0.2, -0.15) is 0 Å². The van der Waals surface area contributed by atoms with Crippen LogP contribution in [0.4, 0.5) is 0 Å². The monoisotopic (exact) mass is 366 g/mol. The molecule has 1 atom stereocenters. The van der Waals surface area contributed by atoms with Crippen LogP contribution in [0, 0.1) is 0 Å². The minimum Gasteiger partial charge on any atom is -0.494 e. The van der Waals surface area contributed by atoms with Crippen LogP contribution in [0.3, 0.4) is 0 Å². The Hall–Kier alpha value is -2.33. The van der Waals surface area contributed by atoms with E-state index in [1.54, 1.807) is 6.07 Å². The standard InChI is InChI=1S/C23H30N2O2/c1-3-18-10-12-19(13-11-18)22(25-14-5-6-15-25)17-24-23(26)20-8-7-9-21(16-20)27-4-2/h7-13,16,22H,3-6,14-15,17H2,1-2H3,(H,24,26)/t22-/m1/s1. The smallest absolute Gasteiger partial charge is 0.251 e. The van der Waals surface area contributed by atoms with Gasteiger partial charge in [-0.15, -0.1) is 0 Å². The predicted molar refractivity (Wildman–Crippen MR) is 109 cm³/mol. The molecule has 0 aliphatic carbocycles. The van der Waals surface area contributed by atoms with Crippen LogP contribution < -0.4 is 10.1 Å². The summed E-state index contributed by atoms with van der Waals surface area (Å²) in [6.07, 6.45) is 3.50. The lowest BCUT2D eigenvalue weighted by atomic mass is 10.0. The van der Waals surface area contributed by atoms with E-state index in [9.17, 15) is 4.79 Å². The van der Waals surface area contributed by atoms with Gasteiger partial charge in [-0.05, 0) is 68.6 Å². The molecule has 2 aromatic rings. The molecule has 2 aromatic carbocycles. The van der Waals surface area contributed by atoms with E-state index < -0.39 is 0 Å². The van der Waals surface area contributed by atoms with Gasteiger partial charge in [-0.1, -0.05) is 37.3 Å². The second-order valence-electron chi connectivity index (χ2n) is 7.02. The van der Waals surface area contributed by atoms with Crippen molar-refractivity contribution < 1.29 is 9.53 Å². The van der Waals surface area contributed by atoms with Gasteiger partial charge in [0.15, 0.2) is 0 Å². The quantitative estimate of drug-likeness (QED) is 0.761. The highest BCUT2D eigenvalue weighted by molar-refractivity contribution is 5.94. The van der Waals surface area contributed by atoms with Crippen molar-refractivity contribution in [1.82, 2.24) is 10.2 Å². The lowest BCUT2D eigenvalue weighted by molar-refractivity contribution is 0.0937. The molecule has 1 aliphatic heterocycles. The van der Waals surface area contributed by atoms with Gasteiger partial charge in [0.2, 0.25) is 0 Å². The third kappa shape index (κ3) is 5.10. The fourth-order valence-electron chi connectivity index (χ4n) is 3.67. The first-order valence-electron chi connectivity index (χ1n) is 10.0. The van der Waals surface area contributed by atoms with Crippen LogP contribution >= 0.6 is 0 Å². The summed E-state index contributed by atoms with van der Waals surface area (Å²) in [4.78, 5) is 15.2. The molecule has 27 heavy (non-hydrogen) atoms. The fraction of sp³-hybridized carbons (Fsp3) is 0.435. The van der Waals surface area contributed by atoms with Crippen LogP contribution in [-0.2, 0) is 6.42 Å². The number of carbonyl (C=O) groups is 1. The second kappa shape index (κ2) is 9.56. The molecule has 0 saturated carbocycles. The summed E-state index contributed by atoms with van der Waals surface area (Å²) in [5, 5.41) is 3.14. The van der Waals surface area contributed by atoms with E-state index in [0.29, 0.717) is 18.7 Å². The third-order valence-corrected chi connectivity index (χ3v) is 5.22. The highest BCUT2D eigenvalue weighted by Gasteiger charge is 2.24. The van der Waals surface area contributed by atoms with E-state index >= 15 is 0 Å². The number of likely N-dealkylation sites (tertiary alicyclic amines) is 1. The normalized spacial score (nSPS) is 15.5. The first kappa shape index (κ1) is 19.4. The number of hydrogen-bond donors (Lipinski definition) is 1. The molecule has 1 fully saturated rings. The molecule has 1 N–H and O–H groups in total. The maximum absolute atomic E-state index is 12.7. The molecule has 0 spiro atoms. The van der Waals surface area contributed by atoms with E-state index in [0.717, 1.165) is 25.3 Å². The summed E-state index contributed by atoms with van der Waals surface area (Å²) in [5.41, 5.74) is 3.26. The van der Waals surface area contributed by atoms with E-state index in [4.69, 9.17) is 4.74 Å². The Kier molecular flexibility index (Phi) is 6.88. The number of carbonyl (C=O) groups excluding carboxylic acids is 1. The molecular formula is C23H30N2O2. The largest absolute Gasteiger partial charge is 0.494 e. The topological polar surface area (TPSA) is 41.6 Å². The number of amides is 1. The molecule has 0 unspecified atom stereocenters. The average Bonchev–Trinajstić information content (AvgIpc) is 3.23. The fourth-order valence-corrected chi connectivity index (χ4v) is 3.67. The van der Waals surface area contributed by atoms with Crippen molar-refractivity contribution in [2.75, 3.05) is 26.2 Å². The summed E-state index contributed by atoms with van der Waals surface area (Å²) < 4.78 is 5.51. The van der Waals surface area contributed by atoms with Crippen molar-refractivity contribution in [2.45, 2.75) is 39.2 Å². The number of benzene rings is 2. The van der Waals surface area contributed by atoms with Gasteiger partial charge in [-0.3, -0.25) is 9.69 Å². The molecule has 3 rings (SSSR count). The first-order chi connectivity index (χ1) is 13.2. The molecule has 1 aliphatic rings. The average molecular weight is 367 g/mol. The summed E-state index contributed by atoms with van der Waals surface area (Å²) in [6, 6.07) is 16.4. The lowest BCUT2D eigenvalue weighted by Gasteiger charge is -2.28. The van der Waals surface area contributed by atoms with Gasteiger partial charge in [0, 0.05) is 12.1 Å². The van der Waals surface area contributed by atoms with Crippen LogP contribution in [0.15, 0.2) is 48.5 Å². The zero-order chi connectivity index (χ0) is 19.1. The van der Waals surface area contributed by atoms with E-state index in [1.165, 1.54) is 24.0 Å². The van der Waals surface area contributed by atoms with E-state index in [2.05, 4.69) is 41.4 Å². The van der Waals surface area contributed by atoms with E-state index in [1.807, 2.05) is 25.1 Å². The highest BCUT2D eigenvalue weighted by Crippen LogP contribution is 2.25. The summed E-state index contributed by atoms with van der Waals surface area (Å²) in [6.45, 7) is 7.51. The van der Waals surface area contributed by atoms with Gasteiger partial charge in [0.1, 0.15) is 5.75 Å². The van der Waals surface area contributed by atoms with Crippen LogP contribution in [-0.4, -0.2) is 37.0 Å². The van der Waals surface area contributed by atoms with Crippen LogP contribution in [0.5, 0.6) is 5.75 Å². The SMILES string of the molecule is CCOc1cccc(C(=O)NC[C@H](c2ccc(CC)cc2)N2CCCC2)c1. The lowest BCUT2D eigenvalue weighted by Crippen LogP contribution is -2.36. The van der Waals surface area contributed by atoms with Crippen LogP contribution in [0.1, 0.15) is 54.2 Å². The number of ether oxygens (including phenoxy) is 1. The molecule has 0 aromatic heterocycles. The molecular weight excluding hydrogens is 336 g/mol. The first-order valence-corrected chi connectivity index (χ1v) is 10.0. The van der Waals surface area contributed by atoms with Gasteiger partial charge in [0.25, 0.3) is 5.91 Å². The van der Waals surface area contributed by atoms with Crippen molar-refractivity contribution in [3.63, 3.8) is 0 Å². The van der Waals surface area contributed by atoms with E-state index in [-0.39, 0.29) is 11.9 Å². The number of aryl methyl sites for hydroxylation is 1. The minimum absolute atomic E-state index is 0.0501. The van der Waals surface area contributed by atoms with Crippen molar-refractivity contribution in [1.29, 1.82) is 0 Å². The zero-order valence-corrected chi connectivity index (χ0v) is 16.4. The van der Waals surface area contributed by atoms with Gasteiger partial charge in [-0.25, -0.2) is 0 Å². The Bertz CT molecular complexity index is 736. The minimum atomic E-state index is -0.0501. The zero-order valence-electron chi connectivity index (χ0n) is 16.4. The van der Waals surface area contributed by atoms with Crippen molar-refractivity contribution in [3.8, 4) is 5.75 Å². The molecule has 0 radical (unpaired) electrons. The number of nitrogens with zero attached hydrogens (tertiary/aromatic N) is 1. The molecule has 144 valence electrons. The summed E-state index contributed by atoms with van der Waals surface area (Å²) >= 11 is 0. The Morgan fingerprint density at radius 2 is 1.85 bits per heavy atom. The molecule has 1 amide bonds. The number of nitrogens with one attached hydrogen (secondary N) is 1. The van der Waals surface area contributed by atoms with Crippen molar-refractivity contribution in [2.24, 2.45) is 0 Å². The van der Waals surface area contributed by atoms with Crippen molar-refractivity contribution in [3.05, 3.63) is 65.2 Å². The third-order valence-electron chi connectivity index (χ3n) is 5.22. The molecule has 4 nitrogen and oxygen atoms in total. The van der Waals surface area contributed by atoms with Crippen LogP contribution in [0.2, 0.25) is 0 Å². The molecule has 1 saturated heterocycles. The molecule has 1 heterocycles. The highest BCUT2D eigenvalue weighted by atomic mass is 16.5. The second-order valence-corrected chi connectivity index (χ2v) is 7.02. The Morgan fingerprint density at radius 3 is 2.52 bits per heavy atom. The van der Waals surface area contributed by atoms with Crippen molar-refractivity contribution >= 4 is 5.91 Å². The maximum atomic E-state index is 12.7. The Morgan fingerprint density at radius 1 is 1.11 bits per heavy atom. The number of rotatable bonds is 8. The van der Waals surface area contributed by atoms with Gasteiger partial charge in [0.05, 0.1) is 12.6 Å². The number of hydrogen-bond acceptors (Lipinski definition) is 3. The Balaban J connectivity index is 1.70. The molecule has 0 bridgehead atoms. The summed E-state index contributed by atoms with van der Waals surface area (Å²) in [5.74, 6) is 0.683. The van der Waals surface area contributed by atoms with Gasteiger partial charge < -0.3 is 10.1 Å². The maximum Gasteiger partial charge on any atom is 0.251 e. The Labute approximate surface area is 162 Å².